The van der Waals surface area contributed by atoms with Crippen molar-refractivity contribution < 1.29 is 22.8 Å². The van der Waals surface area contributed by atoms with E-state index in [-0.39, 0.29) is 10.8 Å². The number of fused-ring (bicyclic) bond motifs is 6. The van der Waals surface area contributed by atoms with Gasteiger partial charge in [0.15, 0.2) is 23.0 Å². The molecule has 0 amide bonds. The molecule has 0 saturated heterocycles. The predicted octanol–water partition coefficient (Wildman–Crippen LogP) is 12.6. The Hall–Kier alpha value is -4.70. The van der Waals surface area contributed by atoms with Crippen molar-refractivity contribution in [2.24, 2.45) is 0 Å². The van der Waals surface area contributed by atoms with Crippen LogP contribution in [0.1, 0.15) is 100 Å². The fraction of sp³-hybridized carbons (Fsp3) is 0.289. The fourth-order valence-electron chi connectivity index (χ4n) is 7.42. The van der Waals surface area contributed by atoms with E-state index in [2.05, 4.69) is 149 Å². The number of para-hydroxylation sites is 2. The van der Waals surface area contributed by atoms with E-state index in [1.54, 1.807) is 0 Å². The zero-order valence-electron chi connectivity index (χ0n) is 32.1. The Morgan fingerprint density at radius 1 is 0.574 bits per heavy atom. The van der Waals surface area contributed by atoms with Gasteiger partial charge in [-0.15, -0.1) is 0 Å². The quantitative estimate of drug-likeness (QED) is 0.168. The van der Waals surface area contributed by atoms with Crippen LogP contribution in [-0.2, 0) is 29.1 Å². The van der Waals surface area contributed by atoms with Crippen LogP contribution in [0.3, 0.4) is 0 Å². The topological polar surface area (TPSA) is 56.0 Å². The molecular weight excluding hydrogens is 710 g/mol. The Morgan fingerprint density at radius 3 is 1.43 bits per heavy atom. The lowest BCUT2D eigenvalue weighted by Gasteiger charge is -2.38. The Kier molecular flexibility index (Phi) is 8.23. The Labute approximate surface area is 320 Å². The molecule has 3 aliphatic rings. The minimum absolute atomic E-state index is 0.155. The lowest BCUT2D eigenvalue weighted by Crippen LogP contribution is -2.27. The van der Waals surface area contributed by atoms with Crippen LogP contribution in [0.2, 0.25) is 0 Å². The van der Waals surface area contributed by atoms with Gasteiger partial charge in [0, 0.05) is 64.3 Å². The number of hydrogen-bond donors (Lipinski definition) is 0. The van der Waals surface area contributed by atoms with E-state index in [9.17, 15) is 0 Å². The van der Waals surface area contributed by atoms with Crippen LogP contribution >= 0.6 is 17.1 Å². The summed E-state index contributed by atoms with van der Waals surface area (Å²) in [6.07, 6.45) is 5.63. The molecule has 0 aliphatic carbocycles. The van der Waals surface area contributed by atoms with Crippen LogP contribution in [0.4, 0.5) is 0 Å². The molecule has 4 aromatic carbocycles. The second kappa shape index (κ2) is 12.7. The number of benzene rings is 4. The number of nitrogens with zero attached hydrogens (tertiary/aromatic N) is 2. The van der Waals surface area contributed by atoms with Crippen molar-refractivity contribution in [1.82, 2.24) is 8.68 Å². The highest BCUT2D eigenvalue weighted by atomic mass is 31.2. The Morgan fingerprint density at radius 2 is 1.00 bits per heavy atom. The molecule has 0 bridgehead atoms. The summed E-state index contributed by atoms with van der Waals surface area (Å²) in [7, 11) is -3.22. The SMILES string of the molecule is CC(C)(C)c1cc(OP2Oc3ccccc3Cc3cccn32)c2c(c1)C(C)(C)c1cc(C(C)(C)C)cc(OP3Oc4ccccc4Cc4cccn43)c1O2. The molecule has 2 atom stereocenters. The van der Waals surface area contributed by atoms with Gasteiger partial charge in [0.1, 0.15) is 11.5 Å². The first kappa shape index (κ1) is 35.0. The second-order valence-corrected chi connectivity index (χ2v) is 19.6. The normalized spacial score (nSPS) is 18.1. The fourth-order valence-corrected chi connectivity index (χ4v) is 10.2. The molecule has 2 unspecified atom stereocenters. The van der Waals surface area contributed by atoms with Gasteiger partial charge in [0.2, 0.25) is 0 Å². The number of ether oxygens (including phenoxy) is 1. The zero-order chi connectivity index (χ0) is 37.6. The van der Waals surface area contributed by atoms with Crippen molar-refractivity contribution >= 4 is 17.1 Å². The molecule has 3 aliphatic heterocycles. The Balaban J connectivity index is 1.19. The number of rotatable bonds is 4. The van der Waals surface area contributed by atoms with Crippen LogP contribution < -0.4 is 22.8 Å². The molecule has 9 rings (SSSR count). The smallest absolute Gasteiger partial charge is 0.421 e. The molecule has 0 saturated carbocycles. The second-order valence-electron chi connectivity index (χ2n) is 17.0. The van der Waals surface area contributed by atoms with E-state index >= 15 is 0 Å². The van der Waals surface area contributed by atoms with Gasteiger partial charge >= 0.3 is 17.1 Å². The molecule has 276 valence electrons. The summed E-state index contributed by atoms with van der Waals surface area (Å²) in [5.41, 5.74) is 8.20. The summed E-state index contributed by atoms with van der Waals surface area (Å²) >= 11 is 0. The van der Waals surface area contributed by atoms with Crippen molar-refractivity contribution in [3.63, 3.8) is 0 Å². The van der Waals surface area contributed by atoms with Crippen LogP contribution in [0.5, 0.6) is 34.5 Å². The average molecular weight is 757 g/mol. The molecule has 7 nitrogen and oxygen atoms in total. The highest BCUT2D eigenvalue weighted by molar-refractivity contribution is 7.46. The van der Waals surface area contributed by atoms with Crippen LogP contribution in [-0.4, -0.2) is 8.68 Å². The summed E-state index contributed by atoms with van der Waals surface area (Å²) in [6.45, 7) is 18.0. The van der Waals surface area contributed by atoms with Gasteiger partial charge in [-0.25, -0.2) is 0 Å². The molecule has 2 aromatic heterocycles. The van der Waals surface area contributed by atoms with Crippen LogP contribution in [0.15, 0.2) is 109 Å². The lowest BCUT2D eigenvalue weighted by atomic mass is 9.72. The van der Waals surface area contributed by atoms with E-state index in [0.717, 1.165) is 69.1 Å². The maximum Gasteiger partial charge on any atom is 0.421 e. The van der Waals surface area contributed by atoms with Gasteiger partial charge in [-0.3, -0.25) is 8.68 Å². The van der Waals surface area contributed by atoms with Gasteiger partial charge in [0.05, 0.1) is 0 Å². The summed E-state index contributed by atoms with van der Waals surface area (Å²) in [6, 6.07) is 33.7. The molecule has 0 spiro atoms. The first-order valence-electron chi connectivity index (χ1n) is 18.6. The molecule has 54 heavy (non-hydrogen) atoms. The first-order valence-corrected chi connectivity index (χ1v) is 20.9. The van der Waals surface area contributed by atoms with Gasteiger partial charge in [-0.1, -0.05) is 104 Å². The summed E-state index contributed by atoms with van der Waals surface area (Å²) in [5.74, 6) is 4.31. The van der Waals surface area contributed by atoms with Crippen molar-refractivity contribution in [1.29, 1.82) is 0 Å². The minimum Gasteiger partial charge on any atom is -0.449 e. The lowest BCUT2D eigenvalue weighted by molar-refractivity contribution is 0.371. The molecule has 6 aromatic rings. The maximum atomic E-state index is 7.18. The third-order valence-electron chi connectivity index (χ3n) is 10.8. The van der Waals surface area contributed by atoms with E-state index in [0.29, 0.717) is 23.0 Å². The first-order chi connectivity index (χ1) is 25.7. The van der Waals surface area contributed by atoms with Crippen molar-refractivity contribution in [3.8, 4) is 34.5 Å². The molecule has 5 heterocycles. The average Bonchev–Trinajstić information content (AvgIpc) is 3.72. The van der Waals surface area contributed by atoms with Gasteiger partial charge in [-0.2, -0.15) is 0 Å². The van der Waals surface area contributed by atoms with Crippen LogP contribution in [0.25, 0.3) is 0 Å². The minimum atomic E-state index is -1.61. The number of hydrogen-bond acceptors (Lipinski definition) is 5. The Bertz CT molecular complexity index is 2250. The van der Waals surface area contributed by atoms with Crippen molar-refractivity contribution in [3.05, 3.63) is 154 Å². The zero-order valence-corrected chi connectivity index (χ0v) is 33.9. The summed E-state index contributed by atoms with van der Waals surface area (Å²) in [4.78, 5) is 0. The standard InChI is InChI=1S/C45H46N2O5P2/c1-43(2,3)31-25-35-41(39(27-31)51-53-46-21-13-17-33(46)23-29-15-9-11-19-37(29)49-53)48-42-36(45(35,7)8)26-32(44(4,5)6)28-40(42)52-54-47-22-14-18-34(47)24-30-16-10-12-20-38(30)50-54/h9-22,25-28H,23-24H2,1-8H3. The highest BCUT2D eigenvalue weighted by Crippen LogP contribution is 2.60. The molecule has 9 heteroatoms. The molecular formula is C45H46N2O5P2. The maximum absolute atomic E-state index is 7.18. The third kappa shape index (κ3) is 6.06. The summed E-state index contributed by atoms with van der Waals surface area (Å²) in [5, 5.41) is 0. The van der Waals surface area contributed by atoms with Gasteiger partial charge in [-0.05, 0) is 70.5 Å². The highest BCUT2D eigenvalue weighted by Gasteiger charge is 2.42. The van der Waals surface area contributed by atoms with E-state index in [1.165, 1.54) is 0 Å². The van der Waals surface area contributed by atoms with Crippen molar-refractivity contribution in [2.45, 2.75) is 84.5 Å². The predicted molar refractivity (Wildman–Crippen MR) is 217 cm³/mol. The molecule has 0 fully saturated rings. The largest absolute Gasteiger partial charge is 0.449 e. The summed E-state index contributed by atoms with van der Waals surface area (Å²) < 4.78 is 39.1. The van der Waals surface area contributed by atoms with E-state index in [4.69, 9.17) is 22.8 Å². The van der Waals surface area contributed by atoms with E-state index < -0.39 is 22.5 Å². The van der Waals surface area contributed by atoms with Gasteiger partial charge < -0.3 is 22.8 Å². The molecule has 0 radical (unpaired) electrons. The number of aromatic nitrogens is 2. The van der Waals surface area contributed by atoms with Gasteiger partial charge in [0.25, 0.3) is 0 Å². The van der Waals surface area contributed by atoms with E-state index in [1.807, 2.05) is 24.3 Å². The third-order valence-corrected chi connectivity index (χ3v) is 13.7. The van der Waals surface area contributed by atoms with Crippen LogP contribution in [0, 0.1) is 0 Å². The monoisotopic (exact) mass is 756 g/mol. The molecule has 0 N–H and O–H groups in total. The van der Waals surface area contributed by atoms with Crippen molar-refractivity contribution in [2.75, 3.05) is 0 Å².